The Morgan fingerprint density at radius 1 is 0.941 bits per heavy atom. The number of phenolic OH excluding ortho intramolecular Hbond substituents is 1. The van der Waals surface area contributed by atoms with Crippen LogP contribution in [0.5, 0.6) is 17.2 Å². The molecule has 3 N–H and O–H groups in total. The zero-order valence-corrected chi connectivity index (χ0v) is 20.7. The highest BCUT2D eigenvalue weighted by Gasteiger charge is 2.37. The van der Waals surface area contributed by atoms with Crippen LogP contribution in [0.1, 0.15) is 40.5 Å². The van der Waals surface area contributed by atoms with Gasteiger partial charge in [-0.05, 0) is 94.1 Å². The van der Waals surface area contributed by atoms with E-state index in [-0.39, 0.29) is 29.7 Å². The second-order valence-electron chi connectivity index (χ2n) is 10.5. The number of benzene rings is 2. The summed E-state index contributed by atoms with van der Waals surface area (Å²) in [7, 11) is 0. The molecule has 2 aliphatic rings. The lowest BCUT2D eigenvalue weighted by molar-refractivity contribution is 0.170. The van der Waals surface area contributed by atoms with E-state index in [1.165, 1.54) is 0 Å². The molecule has 0 amide bonds. The summed E-state index contributed by atoms with van der Waals surface area (Å²) in [6.07, 6.45) is 1.92. The smallest absolute Gasteiger partial charge is 0.231 e. The fourth-order valence-electron chi connectivity index (χ4n) is 5.33. The average molecular weight is 480 g/mol. The van der Waals surface area contributed by atoms with Gasteiger partial charge in [-0.25, -0.2) is 4.98 Å². The third-order valence-corrected chi connectivity index (χ3v) is 6.54. The van der Waals surface area contributed by atoms with Gasteiger partial charge < -0.3 is 25.2 Å². The summed E-state index contributed by atoms with van der Waals surface area (Å²) in [4.78, 5) is 4.89. The number of rotatable bonds is 4. The number of hydrogen-bond donors (Lipinski definition) is 3. The number of phenols is 1. The molecule has 3 aromatic rings. The van der Waals surface area contributed by atoms with Crippen LogP contribution in [0, 0.1) is 0 Å². The molecule has 2 aliphatic heterocycles. The fraction of sp³-hybridized carbons (Fsp3) is 0.370. The normalized spacial score (nSPS) is 18.6. The molecule has 0 aliphatic carbocycles. The monoisotopic (exact) mass is 479 g/mol. The Morgan fingerprint density at radius 3 is 2.44 bits per heavy atom. The SMILES string of the molecule is CC1(C)CC(Nc2cc(-c3ccc4c(c3)OCO4)cc(-c3cc(Cl)ccc3O)n2)CC(C)(C)N1. The van der Waals surface area contributed by atoms with Gasteiger partial charge in [0.25, 0.3) is 0 Å². The minimum Gasteiger partial charge on any atom is -0.507 e. The molecular weight excluding hydrogens is 450 g/mol. The van der Waals surface area contributed by atoms with Crippen LogP contribution >= 0.6 is 11.6 Å². The average Bonchev–Trinajstić information content (AvgIpc) is 3.21. The number of aromatic nitrogens is 1. The van der Waals surface area contributed by atoms with E-state index in [1.54, 1.807) is 18.2 Å². The van der Waals surface area contributed by atoms with Crippen molar-refractivity contribution in [2.75, 3.05) is 12.1 Å². The minimum atomic E-state index is 0.00238. The molecule has 34 heavy (non-hydrogen) atoms. The molecule has 0 radical (unpaired) electrons. The maximum atomic E-state index is 10.6. The van der Waals surface area contributed by atoms with Crippen molar-refractivity contribution < 1.29 is 14.6 Å². The van der Waals surface area contributed by atoms with Crippen molar-refractivity contribution in [2.45, 2.75) is 57.7 Å². The molecule has 5 rings (SSSR count). The molecule has 1 fully saturated rings. The molecule has 3 heterocycles. The second kappa shape index (κ2) is 8.36. The third-order valence-electron chi connectivity index (χ3n) is 6.31. The van der Waals surface area contributed by atoms with Crippen molar-refractivity contribution in [3.63, 3.8) is 0 Å². The van der Waals surface area contributed by atoms with Crippen LogP contribution in [0.15, 0.2) is 48.5 Å². The Balaban J connectivity index is 1.57. The lowest BCUT2D eigenvalue weighted by atomic mass is 9.79. The van der Waals surface area contributed by atoms with Crippen molar-refractivity contribution in [3.05, 3.63) is 53.6 Å². The Bertz CT molecular complexity index is 1230. The maximum Gasteiger partial charge on any atom is 0.231 e. The first-order valence-corrected chi connectivity index (χ1v) is 11.9. The standard InChI is InChI=1S/C27H30ClN3O3/c1-26(2)13-19(14-27(3,4)31-26)29-25-11-17(16-5-8-23-24(10-16)34-15-33-23)9-21(30-25)20-12-18(28)6-7-22(20)32/h5-12,19,31-32H,13-15H2,1-4H3,(H,29,30). The lowest BCUT2D eigenvalue weighted by Crippen LogP contribution is -2.60. The van der Waals surface area contributed by atoms with E-state index in [4.69, 9.17) is 26.1 Å². The van der Waals surface area contributed by atoms with Gasteiger partial charge in [-0.1, -0.05) is 17.7 Å². The molecule has 0 bridgehead atoms. The second-order valence-corrected chi connectivity index (χ2v) is 10.9. The van der Waals surface area contributed by atoms with Gasteiger partial charge >= 0.3 is 0 Å². The van der Waals surface area contributed by atoms with Crippen molar-refractivity contribution in [1.82, 2.24) is 10.3 Å². The quantitative estimate of drug-likeness (QED) is 0.412. The number of halogens is 1. The minimum absolute atomic E-state index is 0.00238. The van der Waals surface area contributed by atoms with Crippen LogP contribution in [0.4, 0.5) is 5.82 Å². The van der Waals surface area contributed by atoms with E-state index >= 15 is 0 Å². The Morgan fingerprint density at radius 2 is 1.68 bits per heavy atom. The molecule has 0 spiro atoms. The molecule has 2 aromatic carbocycles. The van der Waals surface area contributed by atoms with Crippen LogP contribution in [0.25, 0.3) is 22.4 Å². The largest absolute Gasteiger partial charge is 0.507 e. The zero-order valence-electron chi connectivity index (χ0n) is 19.9. The molecule has 0 saturated carbocycles. The Kier molecular flexibility index (Phi) is 5.61. The summed E-state index contributed by atoms with van der Waals surface area (Å²) < 4.78 is 11.1. The first kappa shape index (κ1) is 22.8. The van der Waals surface area contributed by atoms with E-state index in [1.807, 2.05) is 30.3 Å². The van der Waals surface area contributed by atoms with Gasteiger partial charge in [0.2, 0.25) is 6.79 Å². The zero-order chi connectivity index (χ0) is 24.1. The van der Waals surface area contributed by atoms with Crippen LogP contribution < -0.4 is 20.1 Å². The number of nitrogens with zero attached hydrogens (tertiary/aromatic N) is 1. The number of hydrogen-bond acceptors (Lipinski definition) is 6. The number of fused-ring (bicyclic) bond motifs is 1. The molecule has 1 saturated heterocycles. The Hall–Kier alpha value is -2.96. The van der Waals surface area contributed by atoms with E-state index in [0.29, 0.717) is 16.3 Å². The number of aromatic hydroxyl groups is 1. The summed E-state index contributed by atoms with van der Waals surface area (Å²) in [5, 5.41) is 18.5. The number of piperidine rings is 1. The van der Waals surface area contributed by atoms with Crippen LogP contribution in [-0.2, 0) is 0 Å². The van der Waals surface area contributed by atoms with E-state index in [0.717, 1.165) is 41.3 Å². The lowest BCUT2D eigenvalue weighted by Gasteiger charge is -2.46. The summed E-state index contributed by atoms with van der Waals surface area (Å²) in [6.45, 7) is 9.15. The molecule has 0 unspecified atom stereocenters. The highest BCUT2D eigenvalue weighted by Crippen LogP contribution is 2.39. The van der Waals surface area contributed by atoms with Gasteiger partial charge in [0.15, 0.2) is 11.5 Å². The van der Waals surface area contributed by atoms with Gasteiger partial charge in [-0.2, -0.15) is 0 Å². The topological polar surface area (TPSA) is 75.6 Å². The van der Waals surface area contributed by atoms with Gasteiger partial charge in [-0.3, -0.25) is 0 Å². The molecular formula is C27H30ClN3O3. The van der Waals surface area contributed by atoms with Crippen molar-refractivity contribution in [3.8, 4) is 39.6 Å². The van der Waals surface area contributed by atoms with Crippen LogP contribution in [-0.4, -0.2) is 34.0 Å². The number of anilines is 1. The van der Waals surface area contributed by atoms with Crippen molar-refractivity contribution >= 4 is 17.4 Å². The summed E-state index contributed by atoms with van der Waals surface area (Å²) >= 11 is 6.25. The number of ether oxygens (including phenoxy) is 2. The van der Waals surface area contributed by atoms with E-state index in [9.17, 15) is 5.11 Å². The van der Waals surface area contributed by atoms with Gasteiger partial charge in [0, 0.05) is 27.7 Å². The molecule has 7 heteroatoms. The highest BCUT2D eigenvalue weighted by atomic mass is 35.5. The Labute approximate surface area is 205 Å². The third kappa shape index (κ3) is 4.79. The van der Waals surface area contributed by atoms with Gasteiger partial charge in [0.05, 0.1) is 5.69 Å². The molecule has 6 nitrogen and oxygen atoms in total. The van der Waals surface area contributed by atoms with Gasteiger partial charge in [0.1, 0.15) is 11.6 Å². The van der Waals surface area contributed by atoms with Crippen molar-refractivity contribution in [2.24, 2.45) is 0 Å². The molecule has 178 valence electrons. The van der Waals surface area contributed by atoms with E-state index < -0.39 is 0 Å². The predicted molar refractivity (Wildman–Crippen MR) is 136 cm³/mol. The fourth-order valence-corrected chi connectivity index (χ4v) is 5.50. The highest BCUT2D eigenvalue weighted by molar-refractivity contribution is 6.31. The summed E-state index contributed by atoms with van der Waals surface area (Å²) in [5.41, 5.74) is 3.17. The number of pyridine rings is 1. The first-order chi connectivity index (χ1) is 16.1. The summed E-state index contributed by atoms with van der Waals surface area (Å²) in [5.74, 6) is 2.35. The molecule has 0 atom stereocenters. The maximum absolute atomic E-state index is 10.6. The first-order valence-electron chi connectivity index (χ1n) is 11.5. The van der Waals surface area contributed by atoms with Crippen molar-refractivity contribution in [1.29, 1.82) is 0 Å². The number of nitrogens with one attached hydrogen (secondary N) is 2. The van der Waals surface area contributed by atoms with E-state index in [2.05, 4.69) is 38.3 Å². The predicted octanol–water partition coefficient (Wildman–Crippen LogP) is 6.22. The van der Waals surface area contributed by atoms with Crippen LogP contribution in [0.2, 0.25) is 5.02 Å². The molecule has 1 aromatic heterocycles. The summed E-state index contributed by atoms with van der Waals surface area (Å²) in [6, 6.07) is 15.1. The van der Waals surface area contributed by atoms with Gasteiger partial charge in [-0.15, -0.1) is 0 Å². The van der Waals surface area contributed by atoms with Crippen LogP contribution in [0.3, 0.4) is 0 Å².